The van der Waals surface area contributed by atoms with Crippen LogP contribution in [0.4, 0.5) is 0 Å². The van der Waals surface area contributed by atoms with Crippen LogP contribution in [0.25, 0.3) is 0 Å². The second-order valence-corrected chi connectivity index (χ2v) is 6.20. The first-order valence-corrected chi connectivity index (χ1v) is 8.61. The molecule has 2 atom stereocenters. The molecule has 0 aromatic rings. The van der Waals surface area contributed by atoms with Gasteiger partial charge < -0.3 is 10.2 Å². The Morgan fingerprint density at radius 3 is 1.95 bits per heavy atom. The number of hydrogen-bond acceptors (Lipinski definition) is 2. The fraction of sp³-hybridized carbons (Fsp3) is 0.889. The summed E-state index contributed by atoms with van der Waals surface area (Å²) in [7, 11) is 0. The molecule has 2 heteroatoms. The van der Waals surface area contributed by atoms with E-state index >= 15 is 0 Å². The number of hydrogen-bond donors (Lipinski definition) is 2. The van der Waals surface area contributed by atoms with E-state index in [1.165, 1.54) is 51.4 Å². The molecule has 2 unspecified atom stereocenters. The summed E-state index contributed by atoms with van der Waals surface area (Å²) in [6, 6.07) is 0. The van der Waals surface area contributed by atoms with Crippen LogP contribution in [0, 0.1) is 17.8 Å². The van der Waals surface area contributed by atoms with Gasteiger partial charge in [0.1, 0.15) is 12.2 Å². The molecule has 20 heavy (non-hydrogen) atoms. The highest BCUT2D eigenvalue weighted by Gasteiger charge is 2.28. The molecule has 0 aliphatic heterocycles. The maximum absolute atomic E-state index is 9.72. The van der Waals surface area contributed by atoms with Gasteiger partial charge in [-0.05, 0) is 31.6 Å². The zero-order chi connectivity index (χ0) is 14.6. The van der Waals surface area contributed by atoms with Crippen molar-refractivity contribution in [3.05, 3.63) is 0 Å². The van der Waals surface area contributed by atoms with Crippen LogP contribution in [0.15, 0.2) is 0 Å². The van der Waals surface area contributed by atoms with Crippen molar-refractivity contribution in [2.75, 3.05) is 0 Å². The van der Waals surface area contributed by atoms with Crippen LogP contribution in [0.5, 0.6) is 0 Å². The highest BCUT2D eigenvalue weighted by molar-refractivity contribution is 5.12. The molecule has 2 N–H and O–H groups in total. The molecule has 0 amide bonds. The number of aliphatic hydroxyl groups is 2. The summed E-state index contributed by atoms with van der Waals surface area (Å²) in [5.41, 5.74) is 0. The third kappa shape index (κ3) is 9.39. The van der Waals surface area contributed by atoms with E-state index in [1.807, 2.05) is 0 Å². The Labute approximate surface area is 125 Å². The minimum absolute atomic E-state index is 0.377. The monoisotopic (exact) mass is 280 g/mol. The Kier molecular flexibility index (Phi) is 9.79. The van der Waals surface area contributed by atoms with Crippen LogP contribution in [0.2, 0.25) is 0 Å². The van der Waals surface area contributed by atoms with Crippen molar-refractivity contribution in [2.24, 2.45) is 5.92 Å². The van der Waals surface area contributed by atoms with E-state index in [0.717, 1.165) is 25.7 Å². The Bertz CT molecular complexity index is 286. The summed E-state index contributed by atoms with van der Waals surface area (Å²) in [6.07, 6.45) is 13.5. The second kappa shape index (κ2) is 11.2. The standard InChI is InChI=1S/C18H32O2/c1-2-3-4-5-6-7-8-9-10-11-17(19)14-15-18(20)16-12-13-16/h16-20H,2-13H2,1H3. The molecule has 2 nitrogen and oxygen atoms in total. The van der Waals surface area contributed by atoms with Crippen LogP contribution in [0.1, 0.15) is 84.0 Å². The molecular formula is C18H32O2. The predicted molar refractivity (Wildman–Crippen MR) is 84.4 cm³/mol. The van der Waals surface area contributed by atoms with E-state index in [4.69, 9.17) is 0 Å². The Morgan fingerprint density at radius 1 is 0.850 bits per heavy atom. The SMILES string of the molecule is CCCCCCCCCCCC(O)C#CC(O)C1CC1. The summed E-state index contributed by atoms with van der Waals surface area (Å²) < 4.78 is 0. The van der Waals surface area contributed by atoms with Gasteiger partial charge in [0, 0.05) is 0 Å². The highest BCUT2D eigenvalue weighted by atomic mass is 16.3. The molecule has 0 aromatic heterocycles. The number of unbranched alkanes of at least 4 members (excludes halogenated alkanes) is 8. The molecular weight excluding hydrogens is 248 g/mol. The van der Waals surface area contributed by atoms with Gasteiger partial charge in [-0.15, -0.1) is 0 Å². The Hall–Kier alpha value is -0.520. The zero-order valence-corrected chi connectivity index (χ0v) is 13.1. The van der Waals surface area contributed by atoms with Gasteiger partial charge in [0.2, 0.25) is 0 Å². The number of rotatable bonds is 11. The van der Waals surface area contributed by atoms with Gasteiger partial charge in [0.15, 0.2) is 0 Å². The van der Waals surface area contributed by atoms with E-state index < -0.39 is 12.2 Å². The zero-order valence-electron chi connectivity index (χ0n) is 13.1. The van der Waals surface area contributed by atoms with Crippen molar-refractivity contribution in [2.45, 2.75) is 96.2 Å². The lowest BCUT2D eigenvalue weighted by molar-refractivity contribution is 0.202. The molecule has 116 valence electrons. The average Bonchev–Trinajstić information content (AvgIpc) is 3.27. The van der Waals surface area contributed by atoms with Crippen molar-refractivity contribution in [1.29, 1.82) is 0 Å². The quantitative estimate of drug-likeness (QED) is 0.443. The van der Waals surface area contributed by atoms with Gasteiger partial charge in [0.25, 0.3) is 0 Å². The lowest BCUT2D eigenvalue weighted by Gasteiger charge is -2.04. The van der Waals surface area contributed by atoms with Crippen molar-refractivity contribution < 1.29 is 10.2 Å². The highest BCUT2D eigenvalue weighted by Crippen LogP contribution is 2.32. The summed E-state index contributed by atoms with van der Waals surface area (Å²) in [4.78, 5) is 0. The summed E-state index contributed by atoms with van der Waals surface area (Å²) in [5, 5.41) is 19.3. The minimum atomic E-state index is -0.548. The van der Waals surface area contributed by atoms with Crippen molar-refractivity contribution in [3.8, 4) is 11.8 Å². The average molecular weight is 280 g/mol. The first-order chi connectivity index (χ1) is 9.74. The molecule has 0 spiro atoms. The molecule has 1 fully saturated rings. The molecule has 0 saturated heterocycles. The van der Waals surface area contributed by atoms with E-state index in [2.05, 4.69) is 18.8 Å². The topological polar surface area (TPSA) is 40.5 Å². The molecule has 1 rings (SSSR count). The predicted octanol–water partition coefficient (Wildman–Crippen LogP) is 4.04. The fourth-order valence-corrected chi connectivity index (χ4v) is 2.43. The van der Waals surface area contributed by atoms with Crippen molar-refractivity contribution >= 4 is 0 Å². The van der Waals surface area contributed by atoms with Gasteiger partial charge in [0.05, 0.1) is 0 Å². The lowest BCUT2D eigenvalue weighted by Crippen LogP contribution is -2.08. The molecule has 1 saturated carbocycles. The van der Waals surface area contributed by atoms with Crippen LogP contribution < -0.4 is 0 Å². The number of aliphatic hydroxyl groups excluding tert-OH is 2. The van der Waals surface area contributed by atoms with Gasteiger partial charge in [-0.3, -0.25) is 0 Å². The summed E-state index contributed by atoms with van der Waals surface area (Å²) >= 11 is 0. The summed E-state index contributed by atoms with van der Waals surface area (Å²) in [6.45, 7) is 2.25. The van der Waals surface area contributed by atoms with Gasteiger partial charge in [-0.25, -0.2) is 0 Å². The maximum atomic E-state index is 9.72. The first-order valence-electron chi connectivity index (χ1n) is 8.61. The smallest absolute Gasteiger partial charge is 0.117 e. The Balaban J connectivity index is 1.87. The third-order valence-electron chi connectivity index (χ3n) is 4.05. The Morgan fingerprint density at radius 2 is 1.40 bits per heavy atom. The first kappa shape index (κ1) is 17.5. The van der Waals surface area contributed by atoms with Crippen LogP contribution >= 0.6 is 0 Å². The van der Waals surface area contributed by atoms with Gasteiger partial charge in [-0.2, -0.15) is 0 Å². The molecule has 0 bridgehead atoms. The largest absolute Gasteiger partial charge is 0.380 e. The molecule has 1 aliphatic carbocycles. The second-order valence-electron chi connectivity index (χ2n) is 6.20. The van der Waals surface area contributed by atoms with Crippen molar-refractivity contribution in [1.82, 2.24) is 0 Å². The lowest BCUT2D eigenvalue weighted by atomic mass is 10.1. The van der Waals surface area contributed by atoms with Crippen molar-refractivity contribution in [3.63, 3.8) is 0 Å². The van der Waals surface area contributed by atoms with Crippen LogP contribution in [-0.4, -0.2) is 22.4 Å². The minimum Gasteiger partial charge on any atom is -0.380 e. The van der Waals surface area contributed by atoms with Gasteiger partial charge >= 0.3 is 0 Å². The molecule has 1 aliphatic rings. The van der Waals surface area contributed by atoms with E-state index in [-0.39, 0.29) is 0 Å². The van der Waals surface area contributed by atoms with E-state index in [9.17, 15) is 10.2 Å². The van der Waals surface area contributed by atoms with Crippen LogP contribution in [-0.2, 0) is 0 Å². The molecule has 0 aromatic carbocycles. The summed E-state index contributed by atoms with van der Waals surface area (Å²) in [5.74, 6) is 5.94. The van der Waals surface area contributed by atoms with E-state index in [0.29, 0.717) is 5.92 Å². The van der Waals surface area contributed by atoms with Crippen LogP contribution in [0.3, 0.4) is 0 Å². The normalized spacial score (nSPS) is 17.4. The third-order valence-corrected chi connectivity index (χ3v) is 4.05. The maximum Gasteiger partial charge on any atom is 0.117 e. The van der Waals surface area contributed by atoms with Gasteiger partial charge in [-0.1, -0.05) is 70.1 Å². The molecule has 0 heterocycles. The van der Waals surface area contributed by atoms with E-state index in [1.54, 1.807) is 0 Å². The molecule has 0 radical (unpaired) electrons. The fourth-order valence-electron chi connectivity index (χ4n) is 2.43.